The van der Waals surface area contributed by atoms with E-state index in [0.29, 0.717) is 28.5 Å². The van der Waals surface area contributed by atoms with Gasteiger partial charge in [-0.15, -0.1) is 11.8 Å². The second-order valence-electron chi connectivity index (χ2n) is 34.8. The first kappa shape index (κ1) is 112. The monoisotopic (exact) mass is 1940 g/mol. The highest BCUT2D eigenvalue weighted by Gasteiger charge is 2.42. The van der Waals surface area contributed by atoms with Crippen LogP contribution in [0.25, 0.3) is 11.1 Å². The lowest BCUT2D eigenvalue weighted by atomic mass is 9.98. The number of nitrogens with one attached hydrogen (secondary N) is 14. The van der Waals surface area contributed by atoms with E-state index >= 15 is 33.6 Å². The molecule has 1 saturated heterocycles. The number of carboxylic acid groups (broad SMARTS) is 1. The van der Waals surface area contributed by atoms with E-state index in [1.54, 1.807) is 86.6 Å². The van der Waals surface area contributed by atoms with Crippen LogP contribution in [0.1, 0.15) is 123 Å². The number of methoxy groups -OCH3 is 1. The minimum Gasteiger partial charge on any atom is -0.508 e. The molecule has 44 heteroatoms. The molecule has 0 aromatic heterocycles. The first-order valence-electron chi connectivity index (χ1n) is 45.0. The molecular weight excluding hydrogens is 1810 g/mol. The summed E-state index contributed by atoms with van der Waals surface area (Å²) < 4.78 is 5.46. The summed E-state index contributed by atoms with van der Waals surface area (Å²) in [6.07, 6.45) is -6.17. The van der Waals surface area contributed by atoms with Crippen molar-refractivity contribution in [2.24, 2.45) is 40.7 Å². The van der Waals surface area contributed by atoms with Gasteiger partial charge in [-0.2, -0.15) is 0 Å². The van der Waals surface area contributed by atoms with Crippen molar-refractivity contribution in [1.29, 1.82) is 0 Å². The lowest BCUT2D eigenvalue weighted by Gasteiger charge is -2.35. The molecule has 0 spiro atoms. The molecule has 0 bridgehead atoms. The zero-order valence-electron chi connectivity index (χ0n) is 79.2. The first-order chi connectivity index (χ1) is 65.2. The predicted octanol–water partition coefficient (Wildman–Crippen LogP) is -2.55. The fourth-order valence-electron chi connectivity index (χ4n) is 14.7. The Morgan fingerprint density at radius 1 is 0.478 bits per heavy atom. The Balaban J connectivity index is 1.51. The van der Waals surface area contributed by atoms with E-state index in [9.17, 15) is 72.9 Å². The predicted molar refractivity (Wildman–Crippen MR) is 508 cm³/mol. The van der Waals surface area contributed by atoms with E-state index in [1.165, 1.54) is 93.1 Å². The topological polar surface area (TPSA) is 673 Å². The maximum absolute atomic E-state index is 15.5. The lowest BCUT2D eigenvalue weighted by molar-refractivity contribution is -0.148. The number of carbonyl (C=O) groups excluding carboxylic acids is 18. The average molecular weight is 1940 g/mol. The van der Waals surface area contributed by atoms with Crippen molar-refractivity contribution in [3.8, 4) is 22.6 Å². The number of nitrogens with zero attached hydrogens (tertiary/aromatic N) is 2. The summed E-state index contributed by atoms with van der Waals surface area (Å²) in [7, 11) is 3.88. The Labute approximate surface area is 803 Å². The van der Waals surface area contributed by atoms with E-state index < -0.39 is 258 Å². The highest BCUT2D eigenvalue weighted by molar-refractivity contribution is 8.00. The van der Waals surface area contributed by atoms with Crippen molar-refractivity contribution in [2.45, 2.75) is 223 Å². The molecule has 43 nitrogen and oxygen atoms in total. The number of primary amides is 3. The normalized spacial score (nSPS) is 23.3. The number of likely N-dealkylation sites (N-methyl/N-ethyl adjacent to an activating group) is 2. The molecule has 1 heterocycles. The number of amides is 19. The maximum Gasteiger partial charge on any atom is 0.312 e. The van der Waals surface area contributed by atoms with E-state index in [0.717, 1.165) is 27.9 Å². The van der Waals surface area contributed by atoms with Crippen LogP contribution in [0.5, 0.6) is 11.5 Å². The SMILES string of the molecule is COc1cccc(C[C@@H]2NC(=O)[C@H](CC(=O)O)NC(=O)[C@H](Cc3ccc(O)cc3)NC(=O)[C@H](CC(N)=O)NC(=O)CSC[C@@H](C(=O)N[C@@H](C)C(N)=O)NC(=O)[C@H]([C@@H](C)O)NC(=O)[C@H](C(C)C)NC(=O)[C@H](CC(C)C)NC(=O)[C@H](CCN)NC(=O)[C@H](Cc3ccccc3)N(C)C(=O)[C@H](C)N(C)C(=O)[C@H](CCCNC(N)=O)NC(=O)[C@H](Cc3ccc(-c4ccccc4)cc3)NC(=O)[C@H](C(C)C)NC2=O)c1. The number of carbonyl (C=O) groups is 19. The average Bonchev–Trinajstić information content (AvgIpc) is 0.821. The molecule has 0 radical (unpaired) electrons. The number of urea groups is 1. The summed E-state index contributed by atoms with van der Waals surface area (Å²) >= 11 is 0.604. The molecular formula is C94H130N20O23S. The minimum atomic E-state index is -2.15. The number of benzene rings is 5. The first-order valence-corrected chi connectivity index (χ1v) is 46.2. The quantitative estimate of drug-likeness (QED) is 0.0229. The molecule has 6 rings (SSSR count). The summed E-state index contributed by atoms with van der Waals surface area (Å²) in [6, 6.07) is 9.45. The van der Waals surface area contributed by atoms with Crippen LogP contribution >= 0.6 is 11.8 Å². The standard InChI is InChI=1S/C94H130N20O23S/c1-49(2)39-65-85(127)111-77(51(5)6)90(132)112-78(54(9)115)91(133)109-71(87(129)100-52(7)79(97)121)47-138-48-74(118)101-69(45-73(96)117)83(125)105-66(42-57-30-34-61(116)35-31-57)82(124)107-70(46-75(119)120)84(126)106-68(43-58-23-19-26-62(40-58)137-12)86(128)110-76(50(3)4)89(131)108-67(41-56-28-32-60(33-29-56)59-24-17-14-18-25-59)81(123)103-64(27-20-38-99-94(98)136)93(135)113(10)53(8)92(134)114(11)72(44-55-21-15-13-16-22-55)88(130)102-63(36-37-95)80(122)104-65/h13-19,21-26,28-35,40,49-54,63-72,76-78,115-116H,20,27,36-39,41-48,95H2,1-12H3,(H2,96,117)(H2,97,121)(H,100,129)(H,101,118)(H,102,130)(H,103,123)(H,104,122)(H,105,125)(H,106,126)(H,107,124)(H,108,131)(H,109,133)(H,110,128)(H,111,127)(H,112,132)(H,119,120)(H3,98,99,136)/t52-,53-,54+,63-,64-,65-,66-,67-,68-,69-,70-,71-,72-,76-,77-,78-/m0/s1. The summed E-state index contributed by atoms with van der Waals surface area (Å²) in [5.41, 5.74) is 25.7. The van der Waals surface area contributed by atoms with E-state index in [-0.39, 0.29) is 74.6 Å². The number of rotatable bonds is 28. The molecule has 138 heavy (non-hydrogen) atoms. The smallest absolute Gasteiger partial charge is 0.312 e. The Kier molecular flexibility index (Phi) is 44.8. The molecule has 1 aliphatic heterocycles. The zero-order chi connectivity index (χ0) is 102. The number of nitrogens with two attached hydrogens (primary N) is 4. The van der Waals surface area contributed by atoms with Gasteiger partial charge in [0.1, 0.15) is 102 Å². The number of hydrogen-bond donors (Lipinski definition) is 21. The molecule has 5 aromatic rings. The maximum atomic E-state index is 15.5. The van der Waals surface area contributed by atoms with Crippen molar-refractivity contribution in [2.75, 3.05) is 45.8 Å². The van der Waals surface area contributed by atoms with Gasteiger partial charge in [-0.05, 0) is 128 Å². The van der Waals surface area contributed by atoms with Gasteiger partial charge in [-0.25, -0.2) is 4.79 Å². The second kappa shape index (κ2) is 55.0. The third kappa shape index (κ3) is 36.1. The molecule has 0 saturated carbocycles. The second-order valence-corrected chi connectivity index (χ2v) is 35.9. The largest absolute Gasteiger partial charge is 0.508 e. The van der Waals surface area contributed by atoms with Crippen LogP contribution in [0.3, 0.4) is 0 Å². The van der Waals surface area contributed by atoms with Gasteiger partial charge < -0.3 is 127 Å². The van der Waals surface area contributed by atoms with Gasteiger partial charge >= 0.3 is 12.0 Å². The van der Waals surface area contributed by atoms with Crippen molar-refractivity contribution >= 4 is 124 Å². The number of aliphatic hydroxyl groups is 1. The number of thioether (sulfide) groups is 1. The van der Waals surface area contributed by atoms with Gasteiger partial charge in [-0.3, -0.25) is 86.3 Å². The number of aromatic hydroxyl groups is 1. The van der Waals surface area contributed by atoms with E-state index in [1.807, 2.05) is 30.3 Å². The van der Waals surface area contributed by atoms with Crippen molar-refractivity contribution in [3.05, 3.63) is 156 Å². The lowest BCUT2D eigenvalue weighted by Crippen LogP contribution is -2.63. The Morgan fingerprint density at radius 3 is 1.45 bits per heavy atom. The molecule has 750 valence electrons. The molecule has 16 atom stereocenters. The van der Waals surface area contributed by atoms with E-state index in [4.69, 9.17) is 27.7 Å². The van der Waals surface area contributed by atoms with Crippen LogP contribution in [-0.2, 0) is 112 Å². The van der Waals surface area contributed by atoms with Gasteiger partial charge in [0.2, 0.25) is 100 Å². The summed E-state index contributed by atoms with van der Waals surface area (Å²) in [5, 5.41) is 67.2. The van der Waals surface area contributed by atoms with Gasteiger partial charge in [0.25, 0.3) is 0 Å². The number of carboxylic acids is 1. The Bertz CT molecular complexity index is 5080. The number of aliphatic hydroxyl groups excluding tert-OH is 1. The molecule has 25 N–H and O–H groups in total. The highest BCUT2D eigenvalue weighted by atomic mass is 32.2. The minimum absolute atomic E-state index is 0.0524. The van der Waals surface area contributed by atoms with Gasteiger partial charge in [-0.1, -0.05) is 151 Å². The van der Waals surface area contributed by atoms with Crippen LogP contribution in [0.4, 0.5) is 4.79 Å². The molecule has 1 fully saturated rings. The number of aliphatic carboxylic acids is 1. The van der Waals surface area contributed by atoms with Crippen LogP contribution in [0.15, 0.2) is 133 Å². The Morgan fingerprint density at radius 2 is 0.928 bits per heavy atom. The number of phenolic OH excluding ortho intramolecular Hbond substituents is 1. The summed E-state index contributed by atoms with van der Waals surface area (Å²) in [4.78, 5) is 275. The number of ether oxygens (including phenoxy) is 1. The third-order valence-electron chi connectivity index (χ3n) is 22.6. The van der Waals surface area contributed by atoms with E-state index in [2.05, 4.69) is 74.4 Å². The number of phenols is 1. The van der Waals surface area contributed by atoms with Crippen LogP contribution in [-0.4, -0.2) is 280 Å². The van der Waals surface area contributed by atoms with Crippen molar-refractivity contribution in [3.63, 3.8) is 0 Å². The van der Waals surface area contributed by atoms with Gasteiger partial charge in [0, 0.05) is 52.1 Å². The van der Waals surface area contributed by atoms with Crippen molar-refractivity contribution < 1.29 is 111 Å². The summed E-state index contributed by atoms with van der Waals surface area (Å²) in [6.45, 7) is 12.8. The zero-order valence-corrected chi connectivity index (χ0v) is 80.0. The fraction of sp³-hybridized carbons (Fsp3) is 0.479. The number of hydrogen-bond acceptors (Lipinski definition) is 24. The Hall–Kier alpha value is -14.3. The molecule has 1 aliphatic rings. The third-order valence-corrected chi connectivity index (χ3v) is 23.6. The molecule has 19 amide bonds. The summed E-state index contributed by atoms with van der Waals surface area (Å²) in [5.74, 6) is -23.4. The van der Waals surface area contributed by atoms with Gasteiger partial charge in [0.15, 0.2) is 0 Å². The molecule has 0 unspecified atom stereocenters. The highest BCUT2D eigenvalue weighted by Crippen LogP contribution is 2.24. The molecule has 0 aliphatic carbocycles. The van der Waals surface area contributed by atoms with Crippen LogP contribution < -0.4 is 102 Å². The van der Waals surface area contributed by atoms with Crippen LogP contribution in [0.2, 0.25) is 0 Å². The fourth-order valence-corrected chi connectivity index (χ4v) is 15.5. The van der Waals surface area contributed by atoms with Gasteiger partial charge in [0.05, 0.1) is 31.8 Å². The van der Waals surface area contributed by atoms with Crippen molar-refractivity contribution in [1.82, 2.24) is 84.2 Å². The molecule has 5 aromatic carbocycles. The van der Waals surface area contributed by atoms with Crippen LogP contribution in [0, 0.1) is 17.8 Å².